The second-order valence-electron chi connectivity index (χ2n) is 2.73. The Hall–Kier alpha value is -1.02. The molecule has 0 unspecified atom stereocenters. The Kier molecular flexibility index (Phi) is 1.55. The van der Waals surface area contributed by atoms with Gasteiger partial charge in [0.15, 0.2) is 0 Å². The minimum absolute atomic E-state index is 0.178. The van der Waals surface area contributed by atoms with Crippen LogP contribution in [0.15, 0.2) is 24.3 Å². The van der Waals surface area contributed by atoms with Crippen molar-refractivity contribution in [3.8, 4) is 5.75 Å². The largest absolute Gasteiger partial charge is 0.493 e. The predicted molar refractivity (Wildman–Crippen MR) is 41.8 cm³/mol. The molecule has 0 saturated carbocycles. The number of aliphatic hydroxyl groups is 1. The quantitative estimate of drug-likeness (QED) is 0.650. The number of rotatable bonds is 1. The van der Waals surface area contributed by atoms with Crippen LogP contribution in [0.1, 0.15) is 11.5 Å². The van der Waals surface area contributed by atoms with Gasteiger partial charge in [0.2, 0.25) is 0 Å². The zero-order valence-electron chi connectivity index (χ0n) is 6.16. The molecular formula is C9H10O2. The van der Waals surface area contributed by atoms with Crippen LogP contribution in [-0.4, -0.2) is 18.3 Å². The van der Waals surface area contributed by atoms with Crippen molar-refractivity contribution in [1.29, 1.82) is 0 Å². The van der Waals surface area contributed by atoms with E-state index >= 15 is 0 Å². The first-order valence-electron chi connectivity index (χ1n) is 3.74. The average Bonchev–Trinajstić information content (AvgIpc) is 2.47. The molecule has 1 aliphatic heterocycles. The highest BCUT2D eigenvalue weighted by molar-refractivity contribution is 5.39. The minimum atomic E-state index is 0.178. The monoisotopic (exact) mass is 150 g/mol. The number of aliphatic hydroxyl groups excluding tert-OH is 1. The topological polar surface area (TPSA) is 29.5 Å². The molecule has 1 aromatic rings. The molecular weight excluding hydrogens is 140 g/mol. The van der Waals surface area contributed by atoms with Gasteiger partial charge in [-0.3, -0.25) is 0 Å². The molecule has 1 N–H and O–H groups in total. The van der Waals surface area contributed by atoms with E-state index in [1.54, 1.807) is 0 Å². The lowest BCUT2D eigenvalue weighted by molar-refractivity contribution is 0.232. The van der Waals surface area contributed by atoms with Crippen LogP contribution in [0.4, 0.5) is 0 Å². The van der Waals surface area contributed by atoms with Gasteiger partial charge in [0.1, 0.15) is 5.75 Å². The first-order valence-corrected chi connectivity index (χ1v) is 3.74. The van der Waals surface area contributed by atoms with Gasteiger partial charge in [-0.25, -0.2) is 0 Å². The molecule has 0 aliphatic carbocycles. The van der Waals surface area contributed by atoms with Gasteiger partial charge in [-0.2, -0.15) is 0 Å². The summed E-state index contributed by atoms with van der Waals surface area (Å²) in [6, 6.07) is 7.85. The van der Waals surface area contributed by atoms with E-state index in [-0.39, 0.29) is 12.5 Å². The maximum absolute atomic E-state index is 8.93. The van der Waals surface area contributed by atoms with Gasteiger partial charge in [0, 0.05) is 11.5 Å². The van der Waals surface area contributed by atoms with Crippen molar-refractivity contribution in [2.24, 2.45) is 0 Å². The van der Waals surface area contributed by atoms with Gasteiger partial charge in [-0.15, -0.1) is 0 Å². The first-order chi connectivity index (χ1) is 5.42. The van der Waals surface area contributed by atoms with E-state index in [9.17, 15) is 0 Å². The van der Waals surface area contributed by atoms with Crippen molar-refractivity contribution >= 4 is 0 Å². The second kappa shape index (κ2) is 2.55. The predicted octanol–water partition coefficient (Wildman–Crippen LogP) is 1.15. The summed E-state index contributed by atoms with van der Waals surface area (Å²) < 4.78 is 5.34. The number of ether oxygens (including phenoxy) is 1. The summed E-state index contributed by atoms with van der Waals surface area (Å²) in [6.45, 7) is 0.798. The van der Waals surface area contributed by atoms with Crippen LogP contribution in [0.2, 0.25) is 0 Å². The molecule has 2 heteroatoms. The third-order valence-corrected chi connectivity index (χ3v) is 2.02. The Bertz CT molecular complexity index is 257. The molecule has 0 bridgehead atoms. The van der Waals surface area contributed by atoms with Crippen LogP contribution in [0.3, 0.4) is 0 Å². The molecule has 0 spiro atoms. The van der Waals surface area contributed by atoms with Gasteiger partial charge in [-0.1, -0.05) is 18.2 Å². The number of benzene rings is 1. The molecule has 11 heavy (non-hydrogen) atoms. The summed E-state index contributed by atoms with van der Waals surface area (Å²) in [4.78, 5) is 0. The van der Waals surface area contributed by atoms with Crippen LogP contribution in [0, 0.1) is 0 Å². The number of para-hydroxylation sites is 1. The molecule has 1 heterocycles. The third kappa shape index (κ3) is 0.994. The van der Waals surface area contributed by atoms with E-state index in [2.05, 4.69) is 0 Å². The molecule has 1 aliphatic rings. The smallest absolute Gasteiger partial charge is 0.123 e. The van der Waals surface area contributed by atoms with Gasteiger partial charge in [-0.05, 0) is 6.07 Å². The lowest BCUT2D eigenvalue weighted by atomic mass is 10.0. The fourth-order valence-corrected chi connectivity index (χ4v) is 1.38. The molecule has 1 atom stereocenters. The van der Waals surface area contributed by atoms with E-state index in [0.29, 0.717) is 6.61 Å². The number of fused-ring (bicyclic) bond motifs is 1. The lowest BCUT2D eigenvalue weighted by Gasteiger charge is -2.01. The SMILES string of the molecule is OC[C@@H]1COc2ccccc21. The summed E-state index contributed by atoms with van der Waals surface area (Å²) in [5.74, 6) is 1.11. The Labute approximate surface area is 65.4 Å². The lowest BCUT2D eigenvalue weighted by Crippen LogP contribution is -2.04. The Morgan fingerprint density at radius 3 is 3.09 bits per heavy atom. The highest BCUT2D eigenvalue weighted by Gasteiger charge is 2.21. The van der Waals surface area contributed by atoms with E-state index in [1.807, 2.05) is 24.3 Å². The average molecular weight is 150 g/mol. The van der Waals surface area contributed by atoms with Crippen molar-refractivity contribution < 1.29 is 9.84 Å². The van der Waals surface area contributed by atoms with Crippen molar-refractivity contribution in [3.05, 3.63) is 29.8 Å². The normalized spacial score (nSPS) is 21.0. The fraction of sp³-hybridized carbons (Fsp3) is 0.333. The van der Waals surface area contributed by atoms with Crippen molar-refractivity contribution in [2.45, 2.75) is 5.92 Å². The highest BCUT2D eigenvalue weighted by atomic mass is 16.5. The van der Waals surface area contributed by atoms with Crippen LogP contribution in [0.25, 0.3) is 0 Å². The summed E-state index contributed by atoms with van der Waals surface area (Å²) in [7, 11) is 0. The summed E-state index contributed by atoms with van der Waals surface area (Å²) >= 11 is 0. The van der Waals surface area contributed by atoms with Crippen LogP contribution in [-0.2, 0) is 0 Å². The van der Waals surface area contributed by atoms with E-state index in [1.165, 1.54) is 0 Å². The molecule has 0 fully saturated rings. The Morgan fingerprint density at radius 1 is 1.45 bits per heavy atom. The van der Waals surface area contributed by atoms with Crippen LogP contribution >= 0.6 is 0 Å². The molecule has 0 aromatic heterocycles. The van der Waals surface area contributed by atoms with Gasteiger partial charge >= 0.3 is 0 Å². The summed E-state index contributed by atoms with van der Waals surface area (Å²) in [5, 5.41) is 8.93. The van der Waals surface area contributed by atoms with E-state index in [4.69, 9.17) is 9.84 Å². The molecule has 0 radical (unpaired) electrons. The molecule has 2 rings (SSSR count). The van der Waals surface area contributed by atoms with Crippen LogP contribution in [0.5, 0.6) is 5.75 Å². The number of hydrogen-bond donors (Lipinski definition) is 1. The summed E-state index contributed by atoms with van der Waals surface area (Å²) in [6.07, 6.45) is 0. The van der Waals surface area contributed by atoms with Crippen molar-refractivity contribution in [2.75, 3.05) is 13.2 Å². The molecule has 0 saturated heterocycles. The second-order valence-corrected chi connectivity index (χ2v) is 2.73. The van der Waals surface area contributed by atoms with E-state index < -0.39 is 0 Å². The fourth-order valence-electron chi connectivity index (χ4n) is 1.38. The molecule has 58 valence electrons. The van der Waals surface area contributed by atoms with E-state index in [0.717, 1.165) is 11.3 Å². The summed E-state index contributed by atoms with van der Waals surface area (Å²) in [5.41, 5.74) is 1.13. The zero-order chi connectivity index (χ0) is 7.68. The number of hydrogen-bond acceptors (Lipinski definition) is 2. The zero-order valence-corrected chi connectivity index (χ0v) is 6.16. The maximum atomic E-state index is 8.93. The maximum Gasteiger partial charge on any atom is 0.123 e. The van der Waals surface area contributed by atoms with Crippen molar-refractivity contribution in [3.63, 3.8) is 0 Å². The Morgan fingerprint density at radius 2 is 2.27 bits per heavy atom. The van der Waals surface area contributed by atoms with Gasteiger partial charge in [0.25, 0.3) is 0 Å². The molecule has 0 amide bonds. The van der Waals surface area contributed by atoms with Gasteiger partial charge < -0.3 is 9.84 Å². The molecule has 1 aromatic carbocycles. The first kappa shape index (κ1) is 6.68. The standard InChI is InChI=1S/C9H10O2/c10-5-7-6-11-9-4-2-1-3-8(7)9/h1-4,7,10H,5-6H2/t7-/m1/s1. The Balaban J connectivity index is 2.39. The molecule has 2 nitrogen and oxygen atoms in total. The van der Waals surface area contributed by atoms with Crippen molar-refractivity contribution in [1.82, 2.24) is 0 Å². The van der Waals surface area contributed by atoms with Gasteiger partial charge in [0.05, 0.1) is 13.2 Å². The highest BCUT2D eigenvalue weighted by Crippen LogP contribution is 2.32. The minimum Gasteiger partial charge on any atom is -0.493 e. The third-order valence-electron chi connectivity index (χ3n) is 2.02. The van der Waals surface area contributed by atoms with Crippen LogP contribution < -0.4 is 4.74 Å².